The van der Waals surface area contributed by atoms with Crippen molar-refractivity contribution in [3.63, 3.8) is 0 Å². The summed E-state index contributed by atoms with van der Waals surface area (Å²) in [6.45, 7) is 6.33. The molecule has 1 unspecified atom stereocenters. The molecule has 1 rings (SSSR count). The van der Waals surface area contributed by atoms with Crippen LogP contribution in [0.2, 0.25) is 0 Å². The number of benzene rings is 1. The molecule has 0 aliphatic rings. The minimum atomic E-state index is -0.437. The van der Waals surface area contributed by atoms with Gasteiger partial charge in [0.05, 0.1) is 7.11 Å². The number of aryl methyl sites for hydroxylation is 2. The Balaban J connectivity index is 2.73. The number of rotatable bonds is 4. The van der Waals surface area contributed by atoms with Gasteiger partial charge in [-0.3, -0.25) is 4.79 Å². The first-order valence-electron chi connectivity index (χ1n) is 5.38. The fourth-order valence-electron chi connectivity index (χ4n) is 1.51. The van der Waals surface area contributed by atoms with Crippen LogP contribution in [0.5, 0.6) is 5.75 Å². The second-order valence-electron chi connectivity index (χ2n) is 4.01. The lowest BCUT2D eigenvalue weighted by Gasteiger charge is -2.14. The first-order valence-corrected chi connectivity index (χ1v) is 6.29. The first kappa shape index (κ1) is 14.0. The van der Waals surface area contributed by atoms with Gasteiger partial charge < -0.3 is 9.47 Å². The summed E-state index contributed by atoms with van der Waals surface area (Å²) in [6.07, 6.45) is 0. The molecule has 0 bridgehead atoms. The van der Waals surface area contributed by atoms with Crippen LogP contribution >= 0.6 is 15.9 Å². The van der Waals surface area contributed by atoms with Crippen molar-refractivity contribution < 1.29 is 14.3 Å². The van der Waals surface area contributed by atoms with Crippen LogP contribution in [0.1, 0.15) is 16.7 Å². The minimum absolute atomic E-state index is 0.260. The molecule has 0 aliphatic carbocycles. The molecule has 0 saturated heterocycles. The Morgan fingerprint density at radius 3 is 2.59 bits per heavy atom. The maximum Gasteiger partial charge on any atom is 0.322 e. The summed E-state index contributed by atoms with van der Waals surface area (Å²) in [7, 11) is 1.36. The molecule has 0 aliphatic heterocycles. The molecule has 0 amide bonds. The van der Waals surface area contributed by atoms with Gasteiger partial charge in [0.1, 0.15) is 17.2 Å². The van der Waals surface area contributed by atoms with Crippen molar-refractivity contribution in [2.75, 3.05) is 13.7 Å². The summed E-state index contributed by atoms with van der Waals surface area (Å²) >= 11 is 3.22. The van der Waals surface area contributed by atoms with Crippen LogP contribution in [0.3, 0.4) is 0 Å². The zero-order valence-corrected chi connectivity index (χ0v) is 12.1. The van der Waals surface area contributed by atoms with Gasteiger partial charge in [-0.2, -0.15) is 0 Å². The highest BCUT2D eigenvalue weighted by Crippen LogP contribution is 2.23. The predicted octanol–water partition coefficient (Wildman–Crippen LogP) is 2.93. The number of methoxy groups -OCH3 is 1. The molecule has 0 heterocycles. The van der Waals surface area contributed by atoms with Crippen LogP contribution in [0.15, 0.2) is 12.1 Å². The van der Waals surface area contributed by atoms with Crippen LogP contribution < -0.4 is 4.74 Å². The Kier molecular flexibility index (Phi) is 5.00. The third-order valence-electron chi connectivity index (χ3n) is 2.61. The minimum Gasteiger partial charge on any atom is -0.492 e. The lowest BCUT2D eigenvalue weighted by atomic mass is 10.1. The average Bonchev–Trinajstić information content (AvgIpc) is 2.30. The van der Waals surface area contributed by atoms with E-state index in [1.165, 1.54) is 12.7 Å². The zero-order chi connectivity index (χ0) is 13.0. The Hall–Kier alpha value is -1.03. The van der Waals surface area contributed by atoms with Crippen molar-refractivity contribution in [3.05, 3.63) is 28.8 Å². The van der Waals surface area contributed by atoms with E-state index < -0.39 is 4.83 Å². The molecule has 1 aromatic carbocycles. The Labute approximate surface area is 110 Å². The highest BCUT2D eigenvalue weighted by Gasteiger charge is 2.16. The summed E-state index contributed by atoms with van der Waals surface area (Å²) in [5, 5.41) is 0. The lowest BCUT2D eigenvalue weighted by Crippen LogP contribution is -2.23. The van der Waals surface area contributed by atoms with Gasteiger partial charge in [0.2, 0.25) is 0 Å². The summed E-state index contributed by atoms with van der Waals surface area (Å²) in [6, 6.07) is 4.08. The number of alkyl halides is 1. The number of carbonyl (C=O) groups is 1. The quantitative estimate of drug-likeness (QED) is 0.633. The average molecular weight is 301 g/mol. The van der Waals surface area contributed by atoms with E-state index in [1.54, 1.807) is 0 Å². The molecule has 0 N–H and O–H groups in total. The van der Waals surface area contributed by atoms with E-state index in [0.29, 0.717) is 0 Å². The number of esters is 1. The molecule has 0 saturated carbocycles. The lowest BCUT2D eigenvalue weighted by molar-refractivity contribution is -0.140. The van der Waals surface area contributed by atoms with Gasteiger partial charge >= 0.3 is 5.97 Å². The van der Waals surface area contributed by atoms with Crippen LogP contribution in [0, 0.1) is 20.8 Å². The molecule has 0 aromatic heterocycles. The maximum absolute atomic E-state index is 11.2. The van der Waals surface area contributed by atoms with Crippen molar-refractivity contribution in [1.82, 2.24) is 0 Å². The Morgan fingerprint density at radius 1 is 1.35 bits per heavy atom. The topological polar surface area (TPSA) is 35.5 Å². The van der Waals surface area contributed by atoms with E-state index in [2.05, 4.69) is 26.7 Å². The monoisotopic (exact) mass is 300 g/mol. The third kappa shape index (κ3) is 3.73. The summed E-state index contributed by atoms with van der Waals surface area (Å²) in [4.78, 5) is 10.8. The van der Waals surface area contributed by atoms with Crippen LogP contribution in [-0.4, -0.2) is 24.5 Å². The number of halogens is 1. The highest BCUT2D eigenvalue weighted by atomic mass is 79.9. The summed E-state index contributed by atoms with van der Waals surface area (Å²) in [5.74, 6) is 0.489. The number of hydrogen-bond acceptors (Lipinski definition) is 3. The van der Waals surface area contributed by atoms with Gasteiger partial charge in [0.15, 0.2) is 0 Å². The second-order valence-corrected chi connectivity index (χ2v) is 5.11. The van der Waals surface area contributed by atoms with Crippen molar-refractivity contribution >= 4 is 21.9 Å². The molecule has 1 atom stereocenters. The van der Waals surface area contributed by atoms with Gasteiger partial charge in [-0.05, 0) is 43.5 Å². The SMILES string of the molecule is COC(=O)C(Br)COc1cc(C)cc(C)c1C. The molecule has 17 heavy (non-hydrogen) atoms. The van der Waals surface area contributed by atoms with E-state index in [4.69, 9.17) is 4.74 Å². The van der Waals surface area contributed by atoms with Crippen LogP contribution in [0.4, 0.5) is 0 Å². The molecule has 0 fully saturated rings. The van der Waals surface area contributed by atoms with Gasteiger partial charge in [-0.1, -0.05) is 22.0 Å². The Morgan fingerprint density at radius 2 is 2.00 bits per heavy atom. The third-order valence-corrected chi connectivity index (χ3v) is 3.24. The fourth-order valence-corrected chi connectivity index (χ4v) is 1.83. The largest absolute Gasteiger partial charge is 0.492 e. The van der Waals surface area contributed by atoms with Gasteiger partial charge in [0, 0.05) is 0 Å². The smallest absolute Gasteiger partial charge is 0.322 e. The maximum atomic E-state index is 11.2. The molecule has 0 spiro atoms. The van der Waals surface area contributed by atoms with E-state index in [-0.39, 0.29) is 12.6 Å². The molecular weight excluding hydrogens is 284 g/mol. The summed E-state index contributed by atoms with van der Waals surface area (Å²) in [5.41, 5.74) is 3.43. The highest BCUT2D eigenvalue weighted by molar-refractivity contribution is 9.10. The predicted molar refractivity (Wildman–Crippen MR) is 70.9 cm³/mol. The summed E-state index contributed by atoms with van der Waals surface area (Å²) < 4.78 is 10.2. The van der Waals surface area contributed by atoms with Crippen LogP contribution in [0.25, 0.3) is 0 Å². The molecule has 0 radical (unpaired) electrons. The van der Waals surface area contributed by atoms with Gasteiger partial charge in [-0.15, -0.1) is 0 Å². The van der Waals surface area contributed by atoms with E-state index in [0.717, 1.165) is 16.9 Å². The normalized spacial score (nSPS) is 12.1. The molecular formula is C13H17BrO3. The van der Waals surface area contributed by atoms with E-state index in [1.807, 2.05) is 26.8 Å². The molecule has 1 aromatic rings. The van der Waals surface area contributed by atoms with Crippen molar-refractivity contribution in [2.45, 2.75) is 25.6 Å². The standard InChI is InChI=1S/C13H17BrO3/c1-8-5-9(2)10(3)12(6-8)17-7-11(14)13(15)16-4/h5-6,11H,7H2,1-4H3. The van der Waals surface area contributed by atoms with Gasteiger partial charge in [-0.25, -0.2) is 0 Å². The van der Waals surface area contributed by atoms with Crippen molar-refractivity contribution in [2.24, 2.45) is 0 Å². The Bertz CT molecular complexity index is 415. The second kappa shape index (κ2) is 6.05. The molecule has 4 heteroatoms. The number of ether oxygens (including phenoxy) is 2. The number of carbonyl (C=O) groups excluding carboxylic acids is 1. The fraction of sp³-hybridized carbons (Fsp3) is 0.462. The number of hydrogen-bond donors (Lipinski definition) is 0. The zero-order valence-electron chi connectivity index (χ0n) is 10.5. The van der Waals surface area contributed by atoms with E-state index >= 15 is 0 Å². The molecule has 94 valence electrons. The molecule has 3 nitrogen and oxygen atoms in total. The first-order chi connectivity index (χ1) is 7.95. The van der Waals surface area contributed by atoms with Crippen molar-refractivity contribution in [3.8, 4) is 5.75 Å². The van der Waals surface area contributed by atoms with Crippen molar-refractivity contribution in [1.29, 1.82) is 0 Å². The van der Waals surface area contributed by atoms with Crippen LogP contribution in [-0.2, 0) is 9.53 Å². The van der Waals surface area contributed by atoms with E-state index in [9.17, 15) is 4.79 Å². The van der Waals surface area contributed by atoms with Gasteiger partial charge in [0.25, 0.3) is 0 Å².